The van der Waals surface area contributed by atoms with E-state index in [4.69, 9.17) is 0 Å². The zero-order chi connectivity index (χ0) is 16.4. The van der Waals surface area contributed by atoms with E-state index in [0.717, 1.165) is 17.2 Å². The smallest absolute Gasteiger partial charge is 0.225 e. The standard InChI is InChI=1S/C19H25N3O/c1-13-8-14(2)10-17(9-13)22-18(11-15(3)21-22)20-19(23)12-16-6-4-5-7-16/h8-11,16H,4-7,12H2,1-3H3,(H,20,23). The third-order valence-corrected chi connectivity index (χ3v) is 4.50. The number of benzene rings is 1. The van der Waals surface area contributed by atoms with Gasteiger partial charge in [-0.2, -0.15) is 5.10 Å². The normalized spacial score (nSPS) is 15.1. The first-order valence-corrected chi connectivity index (χ1v) is 8.46. The molecule has 0 unspecified atom stereocenters. The second kappa shape index (κ2) is 6.57. The highest BCUT2D eigenvalue weighted by Gasteiger charge is 2.19. The van der Waals surface area contributed by atoms with Gasteiger partial charge in [0.15, 0.2) is 0 Å². The minimum atomic E-state index is 0.0995. The molecule has 0 spiro atoms. The third-order valence-electron chi connectivity index (χ3n) is 4.50. The molecule has 1 amide bonds. The van der Waals surface area contributed by atoms with Gasteiger partial charge in [0.25, 0.3) is 0 Å². The predicted octanol–water partition coefficient (Wildman–Crippen LogP) is 4.32. The Kier molecular flexibility index (Phi) is 4.51. The number of aromatic nitrogens is 2. The molecule has 23 heavy (non-hydrogen) atoms. The largest absolute Gasteiger partial charge is 0.311 e. The van der Waals surface area contributed by atoms with Crippen molar-refractivity contribution >= 4 is 11.7 Å². The molecule has 0 aliphatic heterocycles. The number of carbonyl (C=O) groups excluding carboxylic acids is 1. The van der Waals surface area contributed by atoms with E-state index in [1.165, 1.54) is 36.8 Å². The van der Waals surface area contributed by atoms with Gasteiger partial charge >= 0.3 is 0 Å². The van der Waals surface area contributed by atoms with E-state index in [-0.39, 0.29) is 5.91 Å². The Bertz CT molecular complexity index is 691. The zero-order valence-electron chi connectivity index (χ0n) is 14.2. The van der Waals surface area contributed by atoms with Crippen molar-refractivity contribution in [3.8, 4) is 5.69 Å². The van der Waals surface area contributed by atoms with Crippen LogP contribution in [0, 0.1) is 26.7 Å². The molecule has 0 bridgehead atoms. The van der Waals surface area contributed by atoms with Crippen LogP contribution in [-0.2, 0) is 4.79 Å². The lowest BCUT2D eigenvalue weighted by Crippen LogP contribution is -2.17. The van der Waals surface area contributed by atoms with Gasteiger partial charge in [-0.15, -0.1) is 0 Å². The van der Waals surface area contributed by atoms with Crippen LogP contribution >= 0.6 is 0 Å². The van der Waals surface area contributed by atoms with Crippen molar-refractivity contribution in [2.75, 3.05) is 5.32 Å². The molecule has 1 heterocycles. The average molecular weight is 311 g/mol. The summed E-state index contributed by atoms with van der Waals surface area (Å²) in [7, 11) is 0. The second-order valence-corrected chi connectivity index (χ2v) is 6.83. The van der Waals surface area contributed by atoms with Crippen molar-refractivity contribution in [3.63, 3.8) is 0 Å². The third kappa shape index (κ3) is 3.81. The summed E-state index contributed by atoms with van der Waals surface area (Å²) < 4.78 is 1.84. The molecule has 2 aromatic rings. The predicted molar refractivity (Wildman–Crippen MR) is 93.0 cm³/mol. The topological polar surface area (TPSA) is 46.9 Å². The molecule has 1 saturated carbocycles. The first-order valence-electron chi connectivity index (χ1n) is 8.46. The van der Waals surface area contributed by atoms with Crippen LogP contribution < -0.4 is 5.32 Å². The van der Waals surface area contributed by atoms with E-state index in [2.05, 4.69) is 42.5 Å². The van der Waals surface area contributed by atoms with Crippen molar-refractivity contribution in [3.05, 3.63) is 41.1 Å². The lowest BCUT2D eigenvalue weighted by Gasteiger charge is -2.12. The number of rotatable bonds is 4. The number of aryl methyl sites for hydroxylation is 3. The van der Waals surface area contributed by atoms with E-state index in [1.807, 2.05) is 17.7 Å². The fraction of sp³-hybridized carbons (Fsp3) is 0.474. The Morgan fingerprint density at radius 2 is 1.78 bits per heavy atom. The van der Waals surface area contributed by atoms with Crippen molar-refractivity contribution < 1.29 is 4.79 Å². The van der Waals surface area contributed by atoms with Gasteiger partial charge in [0, 0.05) is 12.5 Å². The molecule has 1 aromatic heterocycles. The molecule has 1 aliphatic rings. The van der Waals surface area contributed by atoms with Crippen LogP contribution in [0.3, 0.4) is 0 Å². The maximum Gasteiger partial charge on any atom is 0.225 e. The lowest BCUT2D eigenvalue weighted by molar-refractivity contribution is -0.117. The molecular weight excluding hydrogens is 286 g/mol. The fourth-order valence-electron chi connectivity index (χ4n) is 3.53. The Morgan fingerprint density at radius 3 is 2.43 bits per heavy atom. The number of nitrogens with one attached hydrogen (secondary N) is 1. The van der Waals surface area contributed by atoms with Crippen LogP contribution in [0.1, 0.15) is 48.9 Å². The molecule has 1 aliphatic carbocycles. The highest BCUT2D eigenvalue weighted by molar-refractivity contribution is 5.90. The number of anilines is 1. The first kappa shape index (κ1) is 15.8. The quantitative estimate of drug-likeness (QED) is 0.914. The zero-order valence-corrected chi connectivity index (χ0v) is 14.2. The molecular formula is C19H25N3O. The van der Waals surface area contributed by atoms with E-state index in [9.17, 15) is 4.79 Å². The highest BCUT2D eigenvalue weighted by Crippen LogP contribution is 2.28. The van der Waals surface area contributed by atoms with E-state index < -0.39 is 0 Å². The van der Waals surface area contributed by atoms with Crippen LogP contribution in [-0.4, -0.2) is 15.7 Å². The van der Waals surface area contributed by atoms with Gasteiger partial charge in [0.2, 0.25) is 5.91 Å². The second-order valence-electron chi connectivity index (χ2n) is 6.83. The molecule has 0 atom stereocenters. The number of hydrogen-bond acceptors (Lipinski definition) is 2. The van der Waals surface area contributed by atoms with Gasteiger partial charge in [0.05, 0.1) is 11.4 Å². The fourth-order valence-corrected chi connectivity index (χ4v) is 3.53. The molecule has 0 radical (unpaired) electrons. The van der Waals surface area contributed by atoms with E-state index >= 15 is 0 Å². The summed E-state index contributed by atoms with van der Waals surface area (Å²) in [5, 5.41) is 7.61. The molecule has 1 aromatic carbocycles. The summed E-state index contributed by atoms with van der Waals surface area (Å²) >= 11 is 0. The monoisotopic (exact) mass is 311 g/mol. The lowest BCUT2D eigenvalue weighted by atomic mass is 10.0. The summed E-state index contributed by atoms with van der Waals surface area (Å²) in [6.45, 7) is 6.10. The van der Waals surface area contributed by atoms with Gasteiger partial charge < -0.3 is 5.32 Å². The van der Waals surface area contributed by atoms with Gasteiger partial charge in [0.1, 0.15) is 5.82 Å². The van der Waals surface area contributed by atoms with Crippen LogP contribution in [0.2, 0.25) is 0 Å². The number of carbonyl (C=O) groups is 1. The molecule has 1 N–H and O–H groups in total. The molecule has 4 nitrogen and oxygen atoms in total. The van der Waals surface area contributed by atoms with Crippen molar-refractivity contribution in [1.82, 2.24) is 9.78 Å². The summed E-state index contributed by atoms with van der Waals surface area (Å²) in [5.41, 5.74) is 4.28. The number of amides is 1. The Hall–Kier alpha value is -2.10. The van der Waals surface area contributed by atoms with Crippen molar-refractivity contribution in [2.45, 2.75) is 52.9 Å². The van der Waals surface area contributed by atoms with E-state index in [1.54, 1.807) is 0 Å². The summed E-state index contributed by atoms with van der Waals surface area (Å²) in [5.74, 6) is 1.41. The molecule has 3 rings (SSSR count). The summed E-state index contributed by atoms with van der Waals surface area (Å²) in [6, 6.07) is 8.25. The van der Waals surface area contributed by atoms with Gasteiger partial charge in [-0.3, -0.25) is 4.79 Å². The van der Waals surface area contributed by atoms with E-state index in [0.29, 0.717) is 12.3 Å². The Morgan fingerprint density at radius 1 is 1.13 bits per heavy atom. The average Bonchev–Trinajstić information content (AvgIpc) is 3.07. The SMILES string of the molecule is Cc1cc(C)cc(-n2nc(C)cc2NC(=O)CC2CCCC2)c1. The first-order chi connectivity index (χ1) is 11.0. The number of hydrogen-bond donors (Lipinski definition) is 1. The van der Waals surface area contributed by atoms with Crippen LogP contribution in [0.25, 0.3) is 5.69 Å². The van der Waals surface area contributed by atoms with Crippen LogP contribution in [0.5, 0.6) is 0 Å². The number of nitrogens with zero attached hydrogens (tertiary/aromatic N) is 2. The molecule has 122 valence electrons. The Labute approximate surface area is 137 Å². The summed E-state index contributed by atoms with van der Waals surface area (Å²) in [4.78, 5) is 12.3. The van der Waals surface area contributed by atoms with Gasteiger partial charge in [-0.05, 0) is 62.8 Å². The van der Waals surface area contributed by atoms with Gasteiger partial charge in [-0.25, -0.2) is 4.68 Å². The maximum absolute atomic E-state index is 12.3. The molecule has 4 heteroatoms. The minimum Gasteiger partial charge on any atom is -0.311 e. The van der Waals surface area contributed by atoms with Crippen LogP contribution in [0.4, 0.5) is 5.82 Å². The Balaban J connectivity index is 1.81. The van der Waals surface area contributed by atoms with Crippen molar-refractivity contribution in [1.29, 1.82) is 0 Å². The van der Waals surface area contributed by atoms with Gasteiger partial charge in [-0.1, -0.05) is 18.9 Å². The minimum absolute atomic E-state index is 0.0995. The highest BCUT2D eigenvalue weighted by atomic mass is 16.1. The maximum atomic E-state index is 12.3. The van der Waals surface area contributed by atoms with Crippen LogP contribution in [0.15, 0.2) is 24.3 Å². The van der Waals surface area contributed by atoms with Crippen molar-refractivity contribution in [2.24, 2.45) is 5.92 Å². The summed E-state index contributed by atoms with van der Waals surface area (Å²) in [6.07, 6.45) is 5.51. The molecule has 0 saturated heterocycles. The molecule has 1 fully saturated rings.